The van der Waals surface area contributed by atoms with Gasteiger partial charge in [-0.05, 0) is 12.1 Å². The second kappa shape index (κ2) is 6.91. The third kappa shape index (κ3) is 3.40. The van der Waals surface area contributed by atoms with Crippen LogP contribution in [0.4, 0.5) is 0 Å². The Kier molecular flexibility index (Phi) is 4.51. The van der Waals surface area contributed by atoms with Gasteiger partial charge in [0.05, 0.1) is 19.0 Å². The van der Waals surface area contributed by atoms with Gasteiger partial charge in [-0.1, -0.05) is 24.3 Å². The normalized spacial score (nSPS) is 11.9. The number of ether oxygens (including phenoxy) is 1. The molecule has 0 saturated heterocycles. The number of amides is 1. The molecule has 1 amide bonds. The van der Waals surface area contributed by atoms with Gasteiger partial charge in [0.15, 0.2) is 0 Å². The zero-order valence-corrected chi connectivity index (χ0v) is 13.0. The van der Waals surface area contributed by atoms with E-state index in [1.807, 2.05) is 30.3 Å². The number of fused-ring (bicyclic) bond motifs is 1. The van der Waals surface area contributed by atoms with Crippen molar-refractivity contribution in [2.75, 3.05) is 7.11 Å². The van der Waals surface area contributed by atoms with E-state index in [1.165, 1.54) is 13.4 Å². The van der Waals surface area contributed by atoms with Gasteiger partial charge in [0.25, 0.3) is 5.91 Å². The maximum Gasteiger partial charge on any atom is 0.328 e. The van der Waals surface area contributed by atoms with Crippen LogP contribution < -0.4 is 5.32 Å². The van der Waals surface area contributed by atoms with Gasteiger partial charge in [0, 0.05) is 23.7 Å². The number of rotatable bonds is 5. The molecule has 2 heterocycles. The van der Waals surface area contributed by atoms with Crippen molar-refractivity contribution in [3.8, 4) is 0 Å². The molecule has 2 N–H and O–H groups in total. The Hall–Kier alpha value is -3.22. The van der Waals surface area contributed by atoms with E-state index in [-0.39, 0.29) is 12.1 Å². The number of hydrogen-bond acceptors (Lipinski definition) is 5. The molecule has 3 aromatic rings. The summed E-state index contributed by atoms with van der Waals surface area (Å²) in [6.07, 6.45) is 3.36. The Labute approximate surface area is 138 Å². The number of carbonyl (C=O) groups excluding carboxylic acids is 2. The number of nitrogens with zero attached hydrogens (tertiary/aromatic N) is 2. The summed E-state index contributed by atoms with van der Waals surface area (Å²) in [5, 5.41) is 3.60. The van der Waals surface area contributed by atoms with Crippen LogP contribution >= 0.6 is 0 Å². The summed E-state index contributed by atoms with van der Waals surface area (Å²) >= 11 is 0. The first-order valence-electron chi connectivity index (χ1n) is 7.39. The number of methoxy groups -OCH3 is 1. The van der Waals surface area contributed by atoms with E-state index in [1.54, 1.807) is 12.3 Å². The molecule has 1 aromatic carbocycles. The zero-order chi connectivity index (χ0) is 16.9. The van der Waals surface area contributed by atoms with Crippen LogP contribution in [0.15, 0.2) is 48.9 Å². The molecule has 1 atom stereocenters. The summed E-state index contributed by atoms with van der Waals surface area (Å²) in [6.45, 7) is 0. The van der Waals surface area contributed by atoms with Crippen molar-refractivity contribution < 1.29 is 14.3 Å². The number of esters is 1. The SMILES string of the molecule is COC(=O)[C@H](Cc1cnc[nH]1)NC(=O)c1ccc2ccccc2n1. The highest BCUT2D eigenvalue weighted by molar-refractivity contribution is 5.97. The van der Waals surface area contributed by atoms with Crippen LogP contribution in [-0.2, 0) is 16.0 Å². The van der Waals surface area contributed by atoms with Gasteiger partial charge in [-0.3, -0.25) is 4.79 Å². The molecule has 0 fully saturated rings. The number of benzene rings is 1. The van der Waals surface area contributed by atoms with E-state index in [0.29, 0.717) is 5.52 Å². The fourth-order valence-corrected chi connectivity index (χ4v) is 2.38. The molecule has 24 heavy (non-hydrogen) atoms. The number of hydrogen-bond donors (Lipinski definition) is 2. The number of pyridine rings is 1. The maximum absolute atomic E-state index is 12.4. The summed E-state index contributed by atoms with van der Waals surface area (Å²) < 4.78 is 4.76. The van der Waals surface area contributed by atoms with Crippen LogP contribution in [0.25, 0.3) is 10.9 Å². The average Bonchev–Trinajstić information content (AvgIpc) is 3.13. The monoisotopic (exact) mass is 324 g/mol. The fraction of sp³-hybridized carbons (Fsp3) is 0.176. The summed E-state index contributed by atoms with van der Waals surface area (Å²) in [7, 11) is 1.28. The first-order chi connectivity index (χ1) is 11.7. The van der Waals surface area contributed by atoms with Crippen molar-refractivity contribution in [2.24, 2.45) is 0 Å². The van der Waals surface area contributed by atoms with E-state index in [4.69, 9.17) is 4.74 Å². The molecule has 0 unspecified atom stereocenters. The van der Waals surface area contributed by atoms with Crippen molar-refractivity contribution in [1.82, 2.24) is 20.3 Å². The standard InChI is InChI=1S/C17H16N4O3/c1-24-17(23)15(8-12-9-18-10-19-12)21-16(22)14-7-6-11-4-2-3-5-13(11)20-14/h2-7,9-10,15H,8H2,1H3,(H,18,19)(H,21,22)/t15-/m0/s1. The molecule has 3 rings (SSSR count). The summed E-state index contributed by atoms with van der Waals surface area (Å²) in [4.78, 5) is 35.5. The number of aromatic amines is 1. The van der Waals surface area contributed by atoms with Crippen LogP contribution in [-0.4, -0.2) is 40.0 Å². The van der Waals surface area contributed by atoms with E-state index < -0.39 is 17.9 Å². The molecule has 7 heteroatoms. The summed E-state index contributed by atoms with van der Waals surface area (Å²) in [5.41, 5.74) is 1.68. The molecule has 0 aliphatic carbocycles. The predicted octanol–water partition coefficient (Wildman–Crippen LogP) is 1.47. The molecule has 0 aliphatic heterocycles. The molecule has 0 saturated carbocycles. The van der Waals surface area contributed by atoms with Gasteiger partial charge in [-0.25, -0.2) is 14.8 Å². The van der Waals surface area contributed by atoms with Gasteiger partial charge in [-0.2, -0.15) is 0 Å². The van der Waals surface area contributed by atoms with Crippen LogP contribution in [0.1, 0.15) is 16.2 Å². The summed E-state index contributed by atoms with van der Waals surface area (Å²) in [6, 6.07) is 10.1. The molecular weight excluding hydrogens is 308 g/mol. The van der Waals surface area contributed by atoms with E-state index in [9.17, 15) is 9.59 Å². The molecule has 2 aromatic heterocycles. The lowest BCUT2D eigenvalue weighted by molar-refractivity contribution is -0.142. The largest absolute Gasteiger partial charge is 0.467 e. The quantitative estimate of drug-likeness (QED) is 0.693. The second-order valence-corrected chi connectivity index (χ2v) is 5.22. The molecule has 122 valence electrons. The van der Waals surface area contributed by atoms with E-state index in [2.05, 4.69) is 20.3 Å². The van der Waals surface area contributed by atoms with Crippen molar-refractivity contribution >= 4 is 22.8 Å². The molecule has 0 bridgehead atoms. The van der Waals surface area contributed by atoms with Crippen LogP contribution in [0, 0.1) is 0 Å². The molecule has 0 aliphatic rings. The minimum Gasteiger partial charge on any atom is -0.467 e. The Morgan fingerprint density at radius 3 is 2.83 bits per heavy atom. The first kappa shape index (κ1) is 15.7. The average molecular weight is 324 g/mol. The molecular formula is C17H16N4O3. The highest BCUT2D eigenvalue weighted by atomic mass is 16.5. The predicted molar refractivity (Wildman–Crippen MR) is 87.3 cm³/mol. The van der Waals surface area contributed by atoms with Crippen LogP contribution in [0.3, 0.4) is 0 Å². The third-order valence-corrected chi connectivity index (χ3v) is 3.60. The molecule has 7 nitrogen and oxygen atoms in total. The summed E-state index contributed by atoms with van der Waals surface area (Å²) in [5.74, 6) is -0.964. The minimum atomic E-state index is -0.823. The van der Waals surface area contributed by atoms with Gasteiger partial charge < -0.3 is 15.0 Å². The number of H-pyrrole nitrogens is 1. The number of carbonyl (C=O) groups is 2. The minimum absolute atomic E-state index is 0.243. The van der Waals surface area contributed by atoms with Crippen molar-refractivity contribution in [2.45, 2.75) is 12.5 Å². The Bertz CT molecular complexity index is 861. The molecule has 0 spiro atoms. The highest BCUT2D eigenvalue weighted by Gasteiger charge is 2.23. The Morgan fingerprint density at radius 1 is 1.25 bits per heavy atom. The van der Waals surface area contributed by atoms with Gasteiger partial charge in [-0.15, -0.1) is 0 Å². The van der Waals surface area contributed by atoms with Crippen molar-refractivity contribution in [3.05, 3.63) is 60.3 Å². The number of aromatic nitrogens is 3. The third-order valence-electron chi connectivity index (χ3n) is 3.60. The van der Waals surface area contributed by atoms with Crippen LogP contribution in [0.5, 0.6) is 0 Å². The van der Waals surface area contributed by atoms with E-state index >= 15 is 0 Å². The van der Waals surface area contributed by atoms with Crippen LogP contribution in [0.2, 0.25) is 0 Å². The second-order valence-electron chi connectivity index (χ2n) is 5.22. The number of imidazole rings is 1. The lowest BCUT2D eigenvalue weighted by Gasteiger charge is -2.15. The number of para-hydroxylation sites is 1. The smallest absolute Gasteiger partial charge is 0.328 e. The van der Waals surface area contributed by atoms with Gasteiger partial charge in [0.2, 0.25) is 0 Å². The lowest BCUT2D eigenvalue weighted by atomic mass is 10.1. The van der Waals surface area contributed by atoms with Gasteiger partial charge in [0.1, 0.15) is 11.7 Å². The number of nitrogens with one attached hydrogen (secondary N) is 2. The van der Waals surface area contributed by atoms with Gasteiger partial charge >= 0.3 is 5.97 Å². The van der Waals surface area contributed by atoms with Crippen molar-refractivity contribution in [3.63, 3.8) is 0 Å². The first-order valence-corrected chi connectivity index (χ1v) is 7.39. The highest BCUT2D eigenvalue weighted by Crippen LogP contribution is 2.12. The Balaban J connectivity index is 1.79. The fourth-order valence-electron chi connectivity index (χ4n) is 2.38. The maximum atomic E-state index is 12.4. The Morgan fingerprint density at radius 2 is 2.08 bits per heavy atom. The lowest BCUT2D eigenvalue weighted by Crippen LogP contribution is -2.43. The molecule has 0 radical (unpaired) electrons. The zero-order valence-electron chi connectivity index (χ0n) is 13.0. The van der Waals surface area contributed by atoms with Crippen molar-refractivity contribution in [1.29, 1.82) is 0 Å². The topological polar surface area (TPSA) is 97.0 Å². The van der Waals surface area contributed by atoms with E-state index in [0.717, 1.165) is 11.1 Å².